The zero-order valence-electron chi connectivity index (χ0n) is 10.4. The number of carbonyl (C=O) groups excluding carboxylic acids is 1. The quantitative estimate of drug-likeness (QED) is 0.585. The molecule has 3 heterocycles. The van der Waals surface area contributed by atoms with E-state index in [0.717, 1.165) is 0 Å². The highest BCUT2D eigenvalue weighted by atomic mass is 16.6. The number of aliphatic hydroxyl groups excluding tert-OH is 2. The van der Waals surface area contributed by atoms with Crippen molar-refractivity contribution in [2.75, 3.05) is 12.3 Å². The van der Waals surface area contributed by atoms with Gasteiger partial charge in [-0.05, 0) is 0 Å². The van der Waals surface area contributed by atoms with Crippen molar-refractivity contribution >= 4 is 23.3 Å². The van der Waals surface area contributed by atoms with E-state index in [9.17, 15) is 15.0 Å². The first-order valence-corrected chi connectivity index (χ1v) is 5.97. The Labute approximate surface area is 113 Å². The number of carbonyl (C=O) groups is 1. The molecule has 0 bridgehead atoms. The Balaban J connectivity index is 2.01. The van der Waals surface area contributed by atoms with Crippen molar-refractivity contribution in [1.29, 1.82) is 0 Å². The molecule has 0 radical (unpaired) electrons. The van der Waals surface area contributed by atoms with Crippen LogP contribution in [-0.2, 0) is 9.53 Å². The molecule has 3 rings (SSSR count). The van der Waals surface area contributed by atoms with Gasteiger partial charge in [-0.15, -0.1) is 0 Å². The molecule has 0 unspecified atom stereocenters. The molecule has 0 saturated carbocycles. The molecule has 0 aromatic carbocycles. The van der Waals surface area contributed by atoms with Gasteiger partial charge in [-0.25, -0.2) is 15.0 Å². The fraction of sp³-hybridized carbons (Fsp3) is 0.455. The fourth-order valence-corrected chi connectivity index (χ4v) is 2.31. The molecule has 0 spiro atoms. The maximum Gasteiger partial charge on any atom is 0.174 e. The number of aldehydes is 1. The van der Waals surface area contributed by atoms with Crippen LogP contribution in [0.2, 0.25) is 0 Å². The van der Waals surface area contributed by atoms with E-state index in [-0.39, 0.29) is 12.2 Å². The third-order valence-corrected chi connectivity index (χ3v) is 3.49. The minimum Gasteiger partial charge on any atom is -0.393 e. The number of rotatable bonds is 3. The summed E-state index contributed by atoms with van der Waals surface area (Å²) in [7, 11) is 0. The largest absolute Gasteiger partial charge is 0.393 e. The average molecular weight is 279 g/mol. The van der Waals surface area contributed by atoms with Crippen molar-refractivity contribution in [2.24, 2.45) is 0 Å². The van der Waals surface area contributed by atoms with E-state index in [0.29, 0.717) is 17.5 Å². The van der Waals surface area contributed by atoms with Crippen molar-refractivity contribution in [3.05, 3.63) is 12.7 Å². The van der Waals surface area contributed by atoms with Gasteiger partial charge in [0.2, 0.25) is 0 Å². The molecule has 0 aliphatic carbocycles. The molecule has 20 heavy (non-hydrogen) atoms. The molecule has 1 aliphatic heterocycles. The summed E-state index contributed by atoms with van der Waals surface area (Å²) in [5.41, 5.74) is 4.93. The Kier molecular flexibility index (Phi) is 2.89. The predicted molar refractivity (Wildman–Crippen MR) is 66.4 cm³/mol. The van der Waals surface area contributed by atoms with Gasteiger partial charge in [-0.1, -0.05) is 0 Å². The van der Waals surface area contributed by atoms with E-state index in [1.165, 1.54) is 12.7 Å². The average Bonchev–Trinajstić information content (AvgIpc) is 3.01. The van der Waals surface area contributed by atoms with Gasteiger partial charge < -0.3 is 20.7 Å². The molecule has 3 atom stereocenters. The smallest absolute Gasteiger partial charge is 0.174 e. The number of aliphatic hydroxyl groups is 2. The van der Waals surface area contributed by atoms with Crippen LogP contribution < -0.4 is 5.73 Å². The lowest BCUT2D eigenvalue weighted by Gasteiger charge is -2.23. The van der Waals surface area contributed by atoms with Gasteiger partial charge in [0.25, 0.3) is 0 Å². The standard InChI is InChI=1S/C11H13N5O4/c12-9-8-10(14-4-13-9)16(5-15-8)7-1-6(19)11(2-17,3-18)20-7/h2,4-7,18-19H,1,3H2,(H2,12,13,14)/t6-,7+,11+/m0/s1. The number of ether oxygens (including phenoxy) is 1. The van der Waals surface area contributed by atoms with E-state index >= 15 is 0 Å². The molecule has 4 N–H and O–H groups in total. The highest BCUT2D eigenvalue weighted by Crippen LogP contribution is 2.36. The number of aromatic nitrogens is 4. The zero-order chi connectivity index (χ0) is 14.3. The monoisotopic (exact) mass is 279 g/mol. The van der Waals surface area contributed by atoms with Crippen LogP contribution in [0.5, 0.6) is 0 Å². The summed E-state index contributed by atoms with van der Waals surface area (Å²) in [4.78, 5) is 23.1. The van der Waals surface area contributed by atoms with Crippen LogP contribution in [0.25, 0.3) is 11.2 Å². The van der Waals surface area contributed by atoms with Crippen LogP contribution in [-0.4, -0.2) is 54.3 Å². The minimum atomic E-state index is -1.61. The number of fused-ring (bicyclic) bond motifs is 1. The second-order valence-electron chi connectivity index (χ2n) is 4.64. The molecule has 1 aliphatic rings. The number of nitrogens with two attached hydrogens (primary N) is 1. The van der Waals surface area contributed by atoms with E-state index in [1.807, 2.05) is 0 Å². The number of anilines is 1. The molecule has 2 aromatic heterocycles. The predicted octanol–water partition coefficient (Wildman–Crippen LogP) is -1.38. The lowest BCUT2D eigenvalue weighted by molar-refractivity contribution is -0.151. The van der Waals surface area contributed by atoms with Crippen molar-refractivity contribution in [2.45, 2.75) is 24.4 Å². The topological polar surface area (TPSA) is 136 Å². The summed E-state index contributed by atoms with van der Waals surface area (Å²) < 4.78 is 7.06. The molecule has 1 fully saturated rings. The van der Waals surface area contributed by atoms with Crippen LogP contribution >= 0.6 is 0 Å². The first kappa shape index (κ1) is 12.9. The molecular weight excluding hydrogens is 266 g/mol. The van der Waals surface area contributed by atoms with Gasteiger partial charge in [0.1, 0.15) is 18.1 Å². The van der Waals surface area contributed by atoms with Crippen molar-refractivity contribution < 1.29 is 19.7 Å². The van der Waals surface area contributed by atoms with Gasteiger partial charge in [0, 0.05) is 6.42 Å². The first-order valence-electron chi connectivity index (χ1n) is 5.97. The normalized spacial score (nSPS) is 29.9. The fourth-order valence-electron chi connectivity index (χ4n) is 2.31. The molecule has 1 saturated heterocycles. The summed E-state index contributed by atoms with van der Waals surface area (Å²) >= 11 is 0. The summed E-state index contributed by atoms with van der Waals surface area (Å²) in [6.07, 6.45) is 1.52. The SMILES string of the molecule is Nc1ncnc2c1ncn2[C@H]1C[C@H](O)[C@@](C=O)(CO)O1. The minimum absolute atomic E-state index is 0.134. The molecule has 2 aromatic rings. The Morgan fingerprint density at radius 2 is 2.35 bits per heavy atom. The summed E-state index contributed by atoms with van der Waals surface area (Å²) in [5, 5.41) is 19.2. The number of hydrogen-bond acceptors (Lipinski definition) is 8. The van der Waals surface area contributed by atoms with Gasteiger partial charge >= 0.3 is 0 Å². The van der Waals surface area contributed by atoms with Crippen molar-refractivity contribution in [1.82, 2.24) is 19.5 Å². The highest BCUT2D eigenvalue weighted by molar-refractivity contribution is 5.81. The Hall–Kier alpha value is -2.10. The first-order chi connectivity index (χ1) is 9.61. The molecule has 0 amide bonds. The van der Waals surface area contributed by atoms with Crippen LogP contribution in [0.4, 0.5) is 5.82 Å². The van der Waals surface area contributed by atoms with E-state index in [4.69, 9.17) is 10.5 Å². The molecule has 9 heteroatoms. The summed E-state index contributed by atoms with van der Waals surface area (Å²) in [5.74, 6) is 0.233. The number of hydrogen-bond donors (Lipinski definition) is 3. The lowest BCUT2D eigenvalue weighted by atomic mass is 10.00. The maximum absolute atomic E-state index is 11.1. The number of nitrogens with zero attached hydrogens (tertiary/aromatic N) is 4. The number of nitrogen functional groups attached to an aromatic ring is 1. The van der Waals surface area contributed by atoms with Crippen molar-refractivity contribution in [3.63, 3.8) is 0 Å². The van der Waals surface area contributed by atoms with Crippen LogP contribution in [0, 0.1) is 0 Å². The molecule has 106 valence electrons. The van der Waals surface area contributed by atoms with Gasteiger partial charge in [-0.3, -0.25) is 9.36 Å². The molecular formula is C11H13N5O4. The summed E-state index contributed by atoms with van der Waals surface area (Å²) in [6.45, 7) is -0.599. The number of imidazole rings is 1. The van der Waals surface area contributed by atoms with Crippen LogP contribution in [0.3, 0.4) is 0 Å². The van der Waals surface area contributed by atoms with E-state index in [2.05, 4.69) is 15.0 Å². The van der Waals surface area contributed by atoms with E-state index < -0.39 is 24.5 Å². The zero-order valence-corrected chi connectivity index (χ0v) is 10.4. The van der Waals surface area contributed by atoms with Crippen LogP contribution in [0.1, 0.15) is 12.6 Å². The van der Waals surface area contributed by atoms with E-state index in [1.54, 1.807) is 4.57 Å². The third-order valence-electron chi connectivity index (χ3n) is 3.49. The second-order valence-corrected chi connectivity index (χ2v) is 4.64. The second kappa shape index (κ2) is 4.47. The third kappa shape index (κ3) is 1.68. The van der Waals surface area contributed by atoms with Gasteiger partial charge in [0.15, 0.2) is 23.4 Å². The van der Waals surface area contributed by atoms with Crippen molar-refractivity contribution in [3.8, 4) is 0 Å². The Morgan fingerprint density at radius 3 is 3.00 bits per heavy atom. The van der Waals surface area contributed by atoms with Crippen LogP contribution in [0.15, 0.2) is 12.7 Å². The van der Waals surface area contributed by atoms with Gasteiger partial charge in [0.05, 0.1) is 19.0 Å². The van der Waals surface area contributed by atoms with Gasteiger partial charge in [-0.2, -0.15) is 0 Å². The Bertz CT molecular complexity index is 659. The molecule has 9 nitrogen and oxygen atoms in total. The lowest BCUT2D eigenvalue weighted by Crippen LogP contribution is -2.44. The maximum atomic E-state index is 11.1. The Morgan fingerprint density at radius 1 is 1.55 bits per heavy atom. The highest BCUT2D eigenvalue weighted by Gasteiger charge is 2.49. The summed E-state index contributed by atoms with van der Waals surface area (Å²) in [6, 6.07) is 0.